The van der Waals surface area contributed by atoms with E-state index < -0.39 is 0 Å². The molecular formula is C16H18N2O2. The SMILES string of the molecule is CCc1c(C)nc(C2CCOc3ccccc32)[nH]c1=O. The Morgan fingerprint density at radius 3 is 2.95 bits per heavy atom. The average molecular weight is 270 g/mol. The van der Waals surface area contributed by atoms with Crippen molar-refractivity contribution >= 4 is 0 Å². The van der Waals surface area contributed by atoms with Crippen LogP contribution in [0.5, 0.6) is 5.75 Å². The summed E-state index contributed by atoms with van der Waals surface area (Å²) in [6.07, 6.45) is 1.55. The number of nitrogens with one attached hydrogen (secondary N) is 1. The lowest BCUT2D eigenvalue weighted by Gasteiger charge is -2.25. The van der Waals surface area contributed by atoms with Gasteiger partial charge in [-0.05, 0) is 25.8 Å². The second kappa shape index (κ2) is 5.12. The highest BCUT2D eigenvalue weighted by Gasteiger charge is 2.25. The second-order valence-electron chi connectivity index (χ2n) is 5.10. The van der Waals surface area contributed by atoms with Crippen LogP contribution in [-0.2, 0) is 6.42 Å². The molecule has 0 aliphatic carbocycles. The summed E-state index contributed by atoms with van der Waals surface area (Å²) in [6.45, 7) is 4.53. The van der Waals surface area contributed by atoms with Crippen LogP contribution in [0.3, 0.4) is 0 Å². The molecule has 4 heteroatoms. The summed E-state index contributed by atoms with van der Waals surface area (Å²) in [5.74, 6) is 1.75. The number of para-hydroxylation sites is 1. The van der Waals surface area contributed by atoms with Gasteiger partial charge in [0.1, 0.15) is 11.6 Å². The predicted molar refractivity (Wildman–Crippen MR) is 77.4 cm³/mol. The number of ether oxygens (including phenoxy) is 1. The molecule has 0 fully saturated rings. The van der Waals surface area contributed by atoms with Gasteiger partial charge in [0, 0.05) is 22.7 Å². The lowest BCUT2D eigenvalue weighted by Crippen LogP contribution is -2.23. The topological polar surface area (TPSA) is 55.0 Å². The van der Waals surface area contributed by atoms with Crippen LogP contribution >= 0.6 is 0 Å². The van der Waals surface area contributed by atoms with E-state index in [0.29, 0.717) is 13.0 Å². The average Bonchev–Trinajstić information content (AvgIpc) is 2.46. The minimum Gasteiger partial charge on any atom is -0.493 e. The lowest BCUT2D eigenvalue weighted by atomic mass is 9.92. The minimum absolute atomic E-state index is 0.0148. The largest absolute Gasteiger partial charge is 0.493 e. The molecule has 4 nitrogen and oxygen atoms in total. The van der Waals surface area contributed by atoms with Crippen LogP contribution in [0.15, 0.2) is 29.1 Å². The summed E-state index contributed by atoms with van der Waals surface area (Å²) in [5, 5.41) is 0. The van der Waals surface area contributed by atoms with Gasteiger partial charge in [-0.25, -0.2) is 4.98 Å². The van der Waals surface area contributed by atoms with Crippen molar-refractivity contribution < 1.29 is 4.74 Å². The van der Waals surface area contributed by atoms with Gasteiger partial charge in [-0.1, -0.05) is 25.1 Å². The normalized spacial score (nSPS) is 17.4. The Kier molecular flexibility index (Phi) is 3.30. The molecule has 0 saturated heterocycles. The van der Waals surface area contributed by atoms with E-state index in [1.807, 2.05) is 38.1 Å². The van der Waals surface area contributed by atoms with Crippen LogP contribution in [0.25, 0.3) is 0 Å². The zero-order chi connectivity index (χ0) is 14.1. The van der Waals surface area contributed by atoms with Crippen molar-refractivity contribution in [1.82, 2.24) is 9.97 Å². The number of hydrogen-bond donors (Lipinski definition) is 1. The molecule has 104 valence electrons. The van der Waals surface area contributed by atoms with Crippen molar-refractivity contribution in [2.24, 2.45) is 0 Å². The highest BCUT2D eigenvalue weighted by Crippen LogP contribution is 2.36. The first-order valence-electron chi connectivity index (χ1n) is 7.02. The molecule has 1 aromatic heterocycles. The molecule has 1 unspecified atom stereocenters. The zero-order valence-corrected chi connectivity index (χ0v) is 11.8. The number of H-pyrrole nitrogens is 1. The van der Waals surface area contributed by atoms with E-state index in [1.54, 1.807) is 0 Å². The van der Waals surface area contributed by atoms with Crippen LogP contribution in [0.1, 0.15) is 41.9 Å². The maximum atomic E-state index is 12.1. The van der Waals surface area contributed by atoms with Gasteiger partial charge in [-0.15, -0.1) is 0 Å². The third kappa shape index (κ3) is 2.11. The molecule has 20 heavy (non-hydrogen) atoms. The van der Waals surface area contributed by atoms with E-state index in [2.05, 4.69) is 9.97 Å². The fraction of sp³-hybridized carbons (Fsp3) is 0.375. The fourth-order valence-electron chi connectivity index (χ4n) is 2.84. The van der Waals surface area contributed by atoms with Crippen molar-refractivity contribution in [3.8, 4) is 5.75 Å². The van der Waals surface area contributed by atoms with E-state index >= 15 is 0 Å². The number of aromatic nitrogens is 2. The molecular weight excluding hydrogens is 252 g/mol. The molecule has 2 heterocycles. The minimum atomic E-state index is -0.0148. The third-order valence-corrected chi connectivity index (χ3v) is 3.88. The monoisotopic (exact) mass is 270 g/mol. The van der Waals surface area contributed by atoms with Gasteiger partial charge in [0.25, 0.3) is 5.56 Å². The molecule has 3 rings (SSSR count). The summed E-state index contributed by atoms with van der Waals surface area (Å²) in [5.41, 5.74) is 2.69. The smallest absolute Gasteiger partial charge is 0.254 e. The van der Waals surface area contributed by atoms with Crippen molar-refractivity contribution in [2.45, 2.75) is 32.6 Å². The van der Waals surface area contributed by atoms with Gasteiger partial charge in [-0.3, -0.25) is 4.79 Å². The van der Waals surface area contributed by atoms with Gasteiger partial charge >= 0.3 is 0 Å². The highest BCUT2D eigenvalue weighted by atomic mass is 16.5. The van der Waals surface area contributed by atoms with E-state index in [9.17, 15) is 4.79 Å². The van der Waals surface area contributed by atoms with Gasteiger partial charge in [0.2, 0.25) is 0 Å². The van der Waals surface area contributed by atoms with E-state index in [4.69, 9.17) is 4.74 Å². The summed E-state index contributed by atoms with van der Waals surface area (Å²) < 4.78 is 5.66. The number of hydrogen-bond acceptors (Lipinski definition) is 3. The van der Waals surface area contributed by atoms with Crippen molar-refractivity contribution in [3.05, 3.63) is 57.3 Å². The van der Waals surface area contributed by atoms with Gasteiger partial charge in [0.05, 0.1) is 6.61 Å². The maximum absolute atomic E-state index is 12.1. The molecule has 1 N–H and O–H groups in total. The second-order valence-corrected chi connectivity index (χ2v) is 5.10. The number of aryl methyl sites for hydroxylation is 1. The van der Waals surface area contributed by atoms with E-state index in [-0.39, 0.29) is 11.5 Å². The fourth-order valence-corrected chi connectivity index (χ4v) is 2.84. The third-order valence-electron chi connectivity index (χ3n) is 3.88. The van der Waals surface area contributed by atoms with Gasteiger partial charge in [0.15, 0.2) is 0 Å². The molecule has 1 atom stereocenters. The quantitative estimate of drug-likeness (QED) is 0.912. The standard InChI is InChI=1S/C16H18N2O2/c1-3-11-10(2)17-15(18-16(11)19)13-8-9-20-14-7-5-4-6-12(13)14/h4-7,13H,3,8-9H2,1-2H3,(H,17,18,19). The Balaban J connectivity index is 2.09. The Bertz CT molecular complexity index is 691. The molecule has 0 saturated carbocycles. The molecule has 0 bridgehead atoms. The van der Waals surface area contributed by atoms with Crippen molar-refractivity contribution in [1.29, 1.82) is 0 Å². The van der Waals surface area contributed by atoms with E-state index in [1.165, 1.54) is 0 Å². The highest BCUT2D eigenvalue weighted by molar-refractivity contribution is 5.41. The lowest BCUT2D eigenvalue weighted by molar-refractivity contribution is 0.274. The summed E-state index contributed by atoms with van der Waals surface area (Å²) in [7, 11) is 0. The van der Waals surface area contributed by atoms with Crippen LogP contribution < -0.4 is 10.3 Å². The molecule has 0 spiro atoms. The Morgan fingerprint density at radius 1 is 1.40 bits per heavy atom. The molecule has 0 amide bonds. The number of benzene rings is 1. The summed E-state index contributed by atoms with van der Waals surface area (Å²) >= 11 is 0. The molecule has 0 radical (unpaired) electrons. The first kappa shape index (κ1) is 12.9. The zero-order valence-electron chi connectivity index (χ0n) is 11.8. The van der Waals surface area contributed by atoms with Crippen LogP contribution in [0, 0.1) is 6.92 Å². The number of aromatic amines is 1. The summed E-state index contributed by atoms with van der Waals surface area (Å²) in [6, 6.07) is 7.96. The predicted octanol–water partition coefficient (Wildman–Crippen LogP) is 2.56. The summed E-state index contributed by atoms with van der Waals surface area (Å²) in [4.78, 5) is 19.7. The van der Waals surface area contributed by atoms with Gasteiger partial charge in [-0.2, -0.15) is 0 Å². The van der Waals surface area contributed by atoms with Gasteiger partial charge < -0.3 is 9.72 Å². The number of rotatable bonds is 2. The van der Waals surface area contributed by atoms with Crippen LogP contribution in [0.2, 0.25) is 0 Å². The van der Waals surface area contributed by atoms with Crippen molar-refractivity contribution in [2.75, 3.05) is 6.61 Å². The Labute approximate surface area is 117 Å². The molecule has 2 aromatic rings. The van der Waals surface area contributed by atoms with Crippen LogP contribution in [0.4, 0.5) is 0 Å². The molecule has 1 aliphatic heterocycles. The number of nitrogens with zero attached hydrogens (tertiary/aromatic N) is 1. The first-order valence-corrected chi connectivity index (χ1v) is 7.02. The molecule has 1 aromatic carbocycles. The van der Waals surface area contributed by atoms with E-state index in [0.717, 1.165) is 34.8 Å². The first-order chi connectivity index (χ1) is 9.70. The van der Waals surface area contributed by atoms with Crippen LogP contribution in [-0.4, -0.2) is 16.6 Å². The van der Waals surface area contributed by atoms with Crippen molar-refractivity contribution in [3.63, 3.8) is 0 Å². The maximum Gasteiger partial charge on any atom is 0.254 e. The Hall–Kier alpha value is -2.10. The Morgan fingerprint density at radius 2 is 2.20 bits per heavy atom. The number of fused-ring (bicyclic) bond motifs is 1. The molecule has 1 aliphatic rings.